The summed E-state index contributed by atoms with van der Waals surface area (Å²) >= 11 is 0. The van der Waals surface area contributed by atoms with Crippen LogP contribution in [-0.2, 0) is 9.59 Å². The molecule has 4 amide bonds. The van der Waals surface area contributed by atoms with E-state index in [9.17, 15) is 14.4 Å². The van der Waals surface area contributed by atoms with Crippen LogP contribution in [0.1, 0.15) is 19.8 Å². The lowest BCUT2D eigenvalue weighted by molar-refractivity contribution is -0.135. The fourth-order valence-electron chi connectivity index (χ4n) is 4.77. The Bertz CT molecular complexity index is 951. The fraction of sp³-hybridized carbons (Fsp3) is 0.350. The second kappa shape index (κ2) is 5.30. The number of rotatable bonds is 2. The number of imide groups is 1. The molecular weight excluding hydrogens is 330 g/mol. The van der Waals surface area contributed by atoms with Gasteiger partial charge < -0.3 is 9.80 Å². The largest absolute Gasteiger partial charge is 0.335 e. The first kappa shape index (κ1) is 15.4. The van der Waals surface area contributed by atoms with Crippen molar-refractivity contribution in [3.8, 4) is 0 Å². The third-order valence-electron chi connectivity index (χ3n) is 5.89. The molecule has 3 heterocycles. The summed E-state index contributed by atoms with van der Waals surface area (Å²) in [6, 6.07) is 12.3. The summed E-state index contributed by atoms with van der Waals surface area (Å²) in [6.45, 7) is 2.37. The van der Waals surface area contributed by atoms with Crippen LogP contribution in [0.15, 0.2) is 42.5 Å². The number of carbonyl (C=O) groups excluding carboxylic acids is 3. The highest BCUT2D eigenvalue weighted by atomic mass is 16.2. The minimum atomic E-state index is -0.546. The highest BCUT2D eigenvalue weighted by Gasteiger charge is 2.62. The highest BCUT2D eigenvalue weighted by molar-refractivity contribution is 6.25. The number of nitrogens with zero attached hydrogens (tertiary/aromatic N) is 3. The van der Waals surface area contributed by atoms with E-state index in [0.29, 0.717) is 25.1 Å². The number of hydrogen-bond donors (Lipinski definition) is 0. The van der Waals surface area contributed by atoms with Crippen LogP contribution in [0.2, 0.25) is 0 Å². The van der Waals surface area contributed by atoms with Crippen molar-refractivity contribution in [3.63, 3.8) is 0 Å². The summed E-state index contributed by atoms with van der Waals surface area (Å²) < 4.78 is 0. The summed E-state index contributed by atoms with van der Waals surface area (Å²) in [6.07, 6.45) is 1.13. The zero-order chi connectivity index (χ0) is 18.0. The number of amides is 4. The number of likely N-dealkylation sites (tertiary alicyclic amines) is 1. The molecule has 6 nitrogen and oxygen atoms in total. The summed E-state index contributed by atoms with van der Waals surface area (Å²) in [7, 11) is 0. The van der Waals surface area contributed by atoms with Gasteiger partial charge in [0, 0.05) is 18.4 Å². The Kier molecular flexibility index (Phi) is 3.13. The Morgan fingerprint density at radius 2 is 1.88 bits per heavy atom. The molecule has 0 aliphatic carbocycles. The Morgan fingerprint density at radius 1 is 1.12 bits per heavy atom. The van der Waals surface area contributed by atoms with Gasteiger partial charge in [0.25, 0.3) is 5.91 Å². The van der Waals surface area contributed by atoms with Gasteiger partial charge in [0.1, 0.15) is 6.04 Å². The van der Waals surface area contributed by atoms with Gasteiger partial charge in [-0.1, -0.05) is 43.3 Å². The molecule has 0 aromatic heterocycles. The van der Waals surface area contributed by atoms with Gasteiger partial charge in [-0.2, -0.15) is 0 Å². The number of urea groups is 1. The van der Waals surface area contributed by atoms with E-state index in [1.165, 1.54) is 4.90 Å². The standard InChI is InChI=1S/C20H19N3O3/c1-2-17(24)21-11-13-10-16(21)18-19(25)23(20(26)22(13)18)15-9-5-7-12-6-3-4-8-14(12)15/h3-9,13,16,18H,2,10-11H2,1H3. The highest BCUT2D eigenvalue weighted by Crippen LogP contribution is 2.43. The van der Waals surface area contributed by atoms with Gasteiger partial charge in [-0.25, -0.2) is 9.69 Å². The molecule has 2 aromatic rings. The molecule has 0 radical (unpaired) electrons. The van der Waals surface area contributed by atoms with Gasteiger partial charge in [-0.05, 0) is 17.9 Å². The van der Waals surface area contributed by atoms with Crippen molar-refractivity contribution in [1.29, 1.82) is 0 Å². The monoisotopic (exact) mass is 349 g/mol. The molecule has 2 bridgehead atoms. The molecule has 132 valence electrons. The van der Waals surface area contributed by atoms with Crippen LogP contribution in [0.25, 0.3) is 10.8 Å². The molecule has 26 heavy (non-hydrogen) atoms. The third-order valence-corrected chi connectivity index (χ3v) is 5.89. The van der Waals surface area contributed by atoms with Crippen LogP contribution in [0.5, 0.6) is 0 Å². The molecule has 3 aliphatic rings. The first-order chi connectivity index (χ1) is 12.6. The van der Waals surface area contributed by atoms with E-state index in [4.69, 9.17) is 0 Å². The number of hydrogen-bond acceptors (Lipinski definition) is 3. The number of benzene rings is 2. The molecule has 0 spiro atoms. The van der Waals surface area contributed by atoms with E-state index >= 15 is 0 Å². The SMILES string of the molecule is CCC(=O)N1CC2CC1C1C(=O)N(c3cccc4ccccc34)C(=O)N21. The Hall–Kier alpha value is -2.89. The molecule has 3 saturated heterocycles. The number of piperazine rings is 1. The first-order valence-electron chi connectivity index (χ1n) is 9.05. The molecule has 3 aliphatic heterocycles. The zero-order valence-electron chi connectivity index (χ0n) is 14.5. The fourth-order valence-corrected chi connectivity index (χ4v) is 4.77. The molecule has 2 aromatic carbocycles. The van der Waals surface area contributed by atoms with E-state index in [1.54, 1.807) is 9.80 Å². The lowest BCUT2D eigenvalue weighted by Crippen LogP contribution is -2.54. The van der Waals surface area contributed by atoms with Crippen molar-refractivity contribution in [3.05, 3.63) is 42.5 Å². The Morgan fingerprint density at radius 3 is 2.69 bits per heavy atom. The normalized spacial score (nSPS) is 27.0. The second-order valence-corrected chi connectivity index (χ2v) is 7.16. The number of anilines is 1. The minimum Gasteiger partial charge on any atom is -0.335 e. The molecule has 6 heteroatoms. The van der Waals surface area contributed by atoms with Crippen LogP contribution < -0.4 is 4.90 Å². The molecule has 5 rings (SSSR count). The van der Waals surface area contributed by atoms with E-state index < -0.39 is 6.04 Å². The smallest absolute Gasteiger partial charge is 0.332 e. The van der Waals surface area contributed by atoms with E-state index in [1.807, 2.05) is 49.4 Å². The quantitative estimate of drug-likeness (QED) is 0.782. The minimum absolute atomic E-state index is 0.0565. The van der Waals surface area contributed by atoms with Gasteiger partial charge in [0.05, 0.1) is 17.8 Å². The van der Waals surface area contributed by atoms with Crippen molar-refractivity contribution in [2.24, 2.45) is 0 Å². The molecule has 0 saturated carbocycles. The van der Waals surface area contributed by atoms with Gasteiger partial charge in [-0.15, -0.1) is 0 Å². The van der Waals surface area contributed by atoms with Crippen LogP contribution in [0.3, 0.4) is 0 Å². The van der Waals surface area contributed by atoms with Crippen molar-refractivity contribution in [2.75, 3.05) is 11.4 Å². The predicted octanol–water partition coefficient (Wildman–Crippen LogP) is 2.37. The lowest BCUT2D eigenvalue weighted by Gasteiger charge is -2.34. The maximum Gasteiger partial charge on any atom is 0.332 e. The maximum absolute atomic E-state index is 13.2. The summed E-state index contributed by atoms with van der Waals surface area (Å²) in [4.78, 5) is 43.3. The van der Waals surface area contributed by atoms with Crippen molar-refractivity contribution < 1.29 is 14.4 Å². The van der Waals surface area contributed by atoms with Crippen LogP contribution in [0, 0.1) is 0 Å². The summed E-state index contributed by atoms with van der Waals surface area (Å²) in [5.41, 5.74) is 0.625. The topological polar surface area (TPSA) is 60.9 Å². The summed E-state index contributed by atoms with van der Waals surface area (Å²) in [5.74, 6) is -0.159. The van der Waals surface area contributed by atoms with E-state index in [-0.39, 0.29) is 29.9 Å². The predicted molar refractivity (Wildman–Crippen MR) is 96.7 cm³/mol. The number of fused-ring (bicyclic) bond motifs is 6. The molecule has 3 fully saturated rings. The molecule has 3 unspecified atom stereocenters. The number of carbonyl (C=O) groups is 3. The van der Waals surface area contributed by atoms with Gasteiger partial charge in [0.15, 0.2) is 0 Å². The van der Waals surface area contributed by atoms with Gasteiger partial charge in [-0.3, -0.25) is 9.59 Å². The van der Waals surface area contributed by atoms with E-state index in [0.717, 1.165) is 10.8 Å². The first-order valence-corrected chi connectivity index (χ1v) is 9.05. The lowest BCUT2D eigenvalue weighted by atomic mass is 10.1. The Balaban J connectivity index is 1.57. The third kappa shape index (κ3) is 1.84. The van der Waals surface area contributed by atoms with Crippen molar-refractivity contribution in [2.45, 2.75) is 37.9 Å². The maximum atomic E-state index is 13.2. The molecule has 0 N–H and O–H groups in total. The van der Waals surface area contributed by atoms with Crippen molar-refractivity contribution >= 4 is 34.3 Å². The van der Waals surface area contributed by atoms with Crippen LogP contribution in [-0.4, -0.2) is 52.3 Å². The zero-order valence-corrected chi connectivity index (χ0v) is 14.5. The van der Waals surface area contributed by atoms with Crippen LogP contribution >= 0.6 is 0 Å². The molecular formula is C20H19N3O3. The average molecular weight is 349 g/mol. The van der Waals surface area contributed by atoms with Crippen LogP contribution in [0.4, 0.5) is 10.5 Å². The molecule has 3 atom stereocenters. The second-order valence-electron chi connectivity index (χ2n) is 7.16. The Labute approximate surface area is 151 Å². The summed E-state index contributed by atoms with van der Waals surface area (Å²) in [5, 5.41) is 1.87. The van der Waals surface area contributed by atoms with Gasteiger partial charge in [0.2, 0.25) is 5.91 Å². The average Bonchev–Trinajstić information content (AvgIpc) is 3.32. The van der Waals surface area contributed by atoms with Crippen molar-refractivity contribution in [1.82, 2.24) is 9.80 Å². The van der Waals surface area contributed by atoms with Gasteiger partial charge >= 0.3 is 6.03 Å². The van der Waals surface area contributed by atoms with E-state index in [2.05, 4.69) is 0 Å².